The zero-order chi connectivity index (χ0) is 10.6. The topological polar surface area (TPSA) is 0 Å². The van der Waals surface area contributed by atoms with Crippen molar-refractivity contribution in [2.45, 2.75) is 40.0 Å². The van der Waals surface area contributed by atoms with Crippen molar-refractivity contribution >= 4 is 11.3 Å². The summed E-state index contributed by atoms with van der Waals surface area (Å²) in [5.41, 5.74) is 1.41. The molecule has 1 rings (SSSR count). The maximum Gasteiger partial charge on any atom is 0.0248 e. The third-order valence-electron chi connectivity index (χ3n) is 2.57. The van der Waals surface area contributed by atoms with E-state index in [0.29, 0.717) is 11.8 Å². The molecular weight excluding hydrogens is 188 g/mol. The average Bonchev–Trinajstić information content (AvgIpc) is 2.59. The summed E-state index contributed by atoms with van der Waals surface area (Å²) in [6.45, 7) is 8.77. The minimum atomic E-state index is 0.465. The molecule has 2 atom stereocenters. The Balaban J connectivity index is 2.75. The van der Waals surface area contributed by atoms with Gasteiger partial charge in [-0.25, -0.2) is 0 Å². The second-order valence-corrected chi connectivity index (χ2v) is 4.67. The van der Waals surface area contributed by atoms with Crippen LogP contribution in [-0.4, -0.2) is 0 Å². The van der Waals surface area contributed by atoms with Crippen LogP contribution >= 0.6 is 11.3 Å². The van der Waals surface area contributed by atoms with Crippen LogP contribution in [0, 0.1) is 24.7 Å². The van der Waals surface area contributed by atoms with Gasteiger partial charge in [-0.05, 0) is 23.9 Å². The smallest absolute Gasteiger partial charge is 0.0248 e. The molecule has 0 nitrogen and oxygen atoms in total. The molecule has 0 bridgehead atoms. The molecule has 1 heteroatoms. The van der Waals surface area contributed by atoms with Gasteiger partial charge in [-0.15, -0.1) is 17.3 Å². The van der Waals surface area contributed by atoms with E-state index in [1.807, 2.05) is 11.3 Å². The van der Waals surface area contributed by atoms with Gasteiger partial charge in [-0.3, -0.25) is 0 Å². The number of aryl methyl sites for hydroxylation is 1. The van der Waals surface area contributed by atoms with Gasteiger partial charge in [0.2, 0.25) is 0 Å². The number of hydrogen-bond acceptors (Lipinski definition) is 1. The van der Waals surface area contributed by atoms with E-state index in [0.717, 1.165) is 6.42 Å². The van der Waals surface area contributed by atoms with Gasteiger partial charge in [0.05, 0.1) is 0 Å². The third-order valence-corrected chi connectivity index (χ3v) is 3.79. The third kappa shape index (κ3) is 2.62. The van der Waals surface area contributed by atoms with Crippen molar-refractivity contribution in [2.75, 3.05) is 0 Å². The predicted molar refractivity (Wildman–Crippen MR) is 64.7 cm³/mol. The van der Waals surface area contributed by atoms with E-state index < -0.39 is 0 Å². The van der Waals surface area contributed by atoms with Crippen LogP contribution in [0.25, 0.3) is 0 Å². The molecule has 0 fully saturated rings. The van der Waals surface area contributed by atoms with Crippen LogP contribution in [0.2, 0.25) is 0 Å². The van der Waals surface area contributed by atoms with E-state index in [2.05, 4.69) is 51.0 Å². The highest BCUT2D eigenvalue weighted by Crippen LogP contribution is 2.30. The Kier molecular flexibility index (Phi) is 4.22. The lowest BCUT2D eigenvalue weighted by Gasteiger charge is -2.14. The van der Waals surface area contributed by atoms with Crippen LogP contribution in [0.5, 0.6) is 0 Å². The van der Waals surface area contributed by atoms with Crippen molar-refractivity contribution in [1.82, 2.24) is 0 Å². The number of rotatable bonds is 2. The molecule has 0 N–H and O–H groups in total. The van der Waals surface area contributed by atoms with Gasteiger partial charge >= 0.3 is 0 Å². The van der Waals surface area contributed by atoms with Gasteiger partial charge in [0, 0.05) is 23.1 Å². The first-order valence-electron chi connectivity index (χ1n) is 5.19. The summed E-state index contributed by atoms with van der Waals surface area (Å²) >= 11 is 1.85. The van der Waals surface area contributed by atoms with Crippen molar-refractivity contribution in [3.8, 4) is 11.8 Å². The maximum atomic E-state index is 3.30. The van der Waals surface area contributed by atoms with Crippen LogP contribution in [0.3, 0.4) is 0 Å². The van der Waals surface area contributed by atoms with Gasteiger partial charge in [0.1, 0.15) is 0 Å². The molecule has 76 valence electrons. The largest absolute Gasteiger partial charge is 0.148 e. The Bertz CT molecular complexity index is 338. The lowest BCUT2D eigenvalue weighted by Crippen LogP contribution is -2.03. The van der Waals surface area contributed by atoms with Crippen LogP contribution in [-0.2, 0) is 0 Å². The fourth-order valence-corrected chi connectivity index (χ4v) is 2.56. The molecule has 0 radical (unpaired) electrons. The van der Waals surface area contributed by atoms with Gasteiger partial charge in [0.15, 0.2) is 0 Å². The molecule has 0 aromatic carbocycles. The molecule has 2 unspecified atom stereocenters. The molecule has 0 spiro atoms. The van der Waals surface area contributed by atoms with E-state index in [9.17, 15) is 0 Å². The molecule has 0 saturated carbocycles. The molecule has 1 aromatic rings. The van der Waals surface area contributed by atoms with E-state index in [4.69, 9.17) is 0 Å². The van der Waals surface area contributed by atoms with Gasteiger partial charge in [0.25, 0.3) is 0 Å². The Morgan fingerprint density at radius 1 is 1.43 bits per heavy atom. The van der Waals surface area contributed by atoms with E-state index in [1.54, 1.807) is 0 Å². The minimum absolute atomic E-state index is 0.465. The van der Waals surface area contributed by atoms with Crippen LogP contribution < -0.4 is 0 Å². The number of thiophene rings is 1. The quantitative estimate of drug-likeness (QED) is 0.636. The summed E-state index contributed by atoms with van der Waals surface area (Å²) in [5, 5.41) is 2.17. The summed E-state index contributed by atoms with van der Waals surface area (Å²) in [7, 11) is 0. The first-order valence-corrected chi connectivity index (χ1v) is 6.07. The van der Waals surface area contributed by atoms with Crippen LogP contribution in [0.15, 0.2) is 11.4 Å². The van der Waals surface area contributed by atoms with Crippen LogP contribution in [0.4, 0.5) is 0 Å². The highest BCUT2D eigenvalue weighted by atomic mass is 32.1. The fourth-order valence-electron chi connectivity index (χ4n) is 1.47. The Hall–Kier alpha value is -0.740. The molecular formula is C13H18S. The molecule has 1 heterocycles. The second kappa shape index (κ2) is 5.22. The minimum Gasteiger partial charge on any atom is -0.148 e. The first-order chi connectivity index (χ1) is 6.66. The predicted octanol–water partition coefficient (Wildman–Crippen LogP) is 4.21. The molecule has 0 aliphatic heterocycles. The van der Waals surface area contributed by atoms with Crippen LogP contribution in [0.1, 0.15) is 43.6 Å². The van der Waals surface area contributed by atoms with Crippen molar-refractivity contribution in [2.24, 2.45) is 5.92 Å². The highest BCUT2D eigenvalue weighted by Gasteiger charge is 2.15. The Morgan fingerprint density at radius 3 is 2.64 bits per heavy atom. The van der Waals surface area contributed by atoms with Gasteiger partial charge in [-0.1, -0.05) is 26.7 Å². The lowest BCUT2D eigenvalue weighted by molar-refractivity contribution is 0.616. The van der Waals surface area contributed by atoms with E-state index in [1.165, 1.54) is 10.4 Å². The zero-order valence-electron chi connectivity index (χ0n) is 9.42. The van der Waals surface area contributed by atoms with Crippen molar-refractivity contribution in [3.63, 3.8) is 0 Å². The Morgan fingerprint density at radius 2 is 2.14 bits per heavy atom. The van der Waals surface area contributed by atoms with Crippen molar-refractivity contribution < 1.29 is 0 Å². The fraction of sp³-hybridized carbons (Fsp3) is 0.538. The summed E-state index contributed by atoms with van der Waals surface area (Å²) in [5.74, 6) is 7.50. The van der Waals surface area contributed by atoms with Crippen molar-refractivity contribution in [1.29, 1.82) is 0 Å². The van der Waals surface area contributed by atoms with E-state index in [-0.39, 0.29) is 0 Å². The monoisotopic (exact) mass is 206 g/mol. The molecule has 14 heavy (non-hydrogen) atoms. The molecule has 1 aromatic heterocycles. The van der Waals surface area contributed by atoms with Gasteiger partial charge < -0.3 is 0 Å². The second-order valence-electron chi connectivity index (χ2n) is 3.72. The summed E-state index contributed by atoms with van der Waals surface area (Å²) in [6, 6.07) is 2.19. The summed E-state index contributed by atoms with van der Waals surface area (Å²) in [4.78, 5) is 1.49. The maximum absolute atomic E-state index is 3.30. The summed E-state index contributed by atoms with van der Waals surface area (Å²) < 4.78 is 0. The lowest BCUT2D eigenvalue weighted by atomic mass is 9.93. The zero-order valence-corrected chi connectivity index (χ0v) is 10.2. The molecule has 0 amide bonds. The van der Waals surface area contributed by atoms with E-state index >= 15 is 0 Å². The highest BCUT2D eigenvalue weighted by molar-refractivity contribution is 7.10. The molecule has 0 aliphatic rings. The Labute approximate surface area is 91.4 Å². The number of hydrogen-bond donors (Lipinski definition) is 0. The first kappa shape index (κ1) is 11.3. The van der Waals surface area contributed by atoms with Gasteiger partial charge in [-0.2, -0.15) is 0 Å². The standard InChI is InChI=1S/C13H18S/c1-5-6-7-10(2)12(4)13-11(3)8-9-14-13/h8-10,12H,5H2,1-4H3. The molecule has 0 aliphatic carbocycles. The van der Waals surface area contributed by atoms with Crippen molar-refractivity contribution in [3.05, 3.63) is 21.9 Å². The normalized spacial score (nSPS) is 14.3. The average molecular weight is 206 g/mol. The summed E-state index contributed by atoms with van der Waals surface area (Å²) in [6.07, 6.45) is 0.959. The molecule has 0 saturated heterocycles. The SMILES string of the molecule is CCC#CC(C)C(C)c1sccc1C.